The van der Waals surface area contributed by atoms with Crippen molar-refractivity contribution in [2.45, 2.75) is 6.92 Å². The Kier molecular flexibility index (Phi) is 4.98. The first-order valence-electron chi connectivity index (χ1n) is 6.62. The molecule has 6 nitrogen and oxygen atoms in total. The maximum atomic E-state index is 11.5. The smallest absolute Gasteiger partial charge is 0.338 e. The minimum absolute atomic E-state index is 0.192. The number of carboxylic acids is 1. The van der Waals surface area contributed by atoms with Crippen molar-refractivity contribution in [3.05, 3.63) is 59.7 Å². The SMILES string of the molecule is CCOC(=O)c1ccc(N=Nc2ccc(C(=O)O)cc2)cc1. The molecule has 0 fully saturated rings. The highest BCUT2D eigenvalue weighted by atomic mass is 16.5. The first kappa shape index (κ1) is 15.4. The second-order valence-electron chi connectivity index (χ2n) is 4.32. The van der Waals surface area contributed by atoms with Crippen LogP contribution in [0.4, 0.5) is 11.4 Å². The number of esters is 1. The zero-order valence-electron chi connectivity index (χ0n) is 11.9. The summed E-state index contributed by atoms with van der Waals surface area (Å²) in [5, 5.41) is 16.8. The van der Waals surface area contributed by atoms with Gasteiger partial charge in [-0.1, -0.05) is 0 Å². The molecule has 0 aromatic heterocycles. The highest BCUT2D eigenvalue weighted by Crippen LogP contribution is 2.19. The van der Waals surface area contributed by atoms with Crippen LogP contribution >= 0.6 is 0 Å². The first-order chi connectivity index (χ1) is 10.6. The Labute approximate surface area is 127 Å². The number of hydrogen-bond donors (Lipinski definition) is 1. The molecule has 0 atom stereocenters. The lowest BCUT2D eigenvalue weighted by Crippen LogP contribution is -2.03. The van der Waals surface area contributed by atoms with Crippen molar-refractivity contribution in [1.29, 1.82) is 0 Å². The van der Waals surface area contributed by atoms with Crippen LogP contribution in [0.25, 0.3) is 0 Å². The summed E-state index contributed by atoms with van der Waals surface area (Å²) in [7, 11) is 0. The van der Waals surface area contributed by atoms with Crippen LogP contribution in [0.1, 0.15) is 27.6 Å². The highest BCUT2D eigenvalue weighted by Gasteiger charge is 2.05. The second kappa shape index (κ2) is 7.12. The van der Waals surface area contributed by atoms with Crippen molar-refractivity contribution in [1.82, 2.24) is 0 Å². The van der Waals surface area contributed by atoms with E-state index in [-0.39, 0.29) is 11.5 Å². The fraction of sp³-hybridized carbons (Fsp3) is 0.125. The van der Waals surface area contributed by atoms with Crippen LogP contribution in [-0.4, -0.2) is 23.7 Å². The molecule has 0 aliphatic carbocycles. The Balaban J connectivity index is 2.06. The van der Waals surface area contributed by atoms with Crippen LogP contribution in [0.3, 0.4) is 0 Å². The minimum Gasteiger partial charge on any atom is -0.478 e. The molecule has 0 aliphatic heterocycles. The molecule has 2 aromatic rings. The Hall–Kier alpha value is -3.02. The number of carbonyl (C=O) groups excluding carboxylic acids is 1. The number of aromatic carboxylic acids is 1. The Morgan fingerprint density at radius 3 is 1.77 bits per heavy atom. The molecule has 0 spiro atoms. The van der Waals surface area contributed by atoms with Crippen LogP contribution < -0.4 is 0 Å². The van der Waals surface area contributed by atoms with E-state index in [1.165, 1.54) is 12.1 Å². The molecule has 2 aromatic carbocycles. The van der Waals surface area contributed by atoms with Crippen molar-refractivity contribution in [3.8, 4) is 0 Å². The van der Waals surface area contributed by atoms with Gasteiger partial charge in [-0.05, 0) is 55.5 Å². The molecule has 0 amide bonds. The summed E-state index contributed by atoms with van der Waals surface area (Å²) < 4.78 is 4.89. The van der Waals surface area contributed by atoms with Crippen molar-refractivity contribution in [2.75, 3.05) is 6.61 Å². The van der Waals surface area contributed by atoms with E-state index >= 15 is 0 Å². The molecule has 0 heterocycles. The van der Waals surface area contributed by atoms with Gasteiger partial charge in [0.15, 0.2) is 0 Å². The van der Waals surface area contributed by atoms with Gasteiger partial charge in [-0.15, -0.1) is 0 Å². The summed E-state index contributed by atoms with van der Waals surface area (Å²) in [6, 6.07) is 12.6. The Morgan fingerprint density at radius 2 is 1.36 bits per heavy atom. The maximum Gasteiger partial charge on any atom is 0.338 e. The predicted molar refractivity (Wildman–Crippen MR) is 80.0 cm³/mol. The number of benzene rings is 2. The quantitative estimate of drug-likeness (QED) is 0.668. The van der Waals surface area contributed by atoms with Gasteiger partial charge in [-0.25, -0.2) is 9.59 Å². The van der Waals surface area contributed by atoms with Crippen LogP contribution in [0, 0.1) is 0 Å². The summed E-state index contributed by atoms with van der Waals surface area (Å²) in [4.78, 5) is 22.2. The number of azo groups is 1. The molecular weight excluding hydrogens is 284 g/mol. The monoisotopic (exact) mass is 298 g/mol. The molecule has 0 saturated heterocycles. The van der Waals surface area contributed by atoms with Crippen molar-refractivity contribution in [3.63, 3.8) is 0 Å². The van der Waals surface area contributed by atoms with E-state index in [0.29, 0.717) is 23.5 Å². The van der Waals surface area contributed by atoms with Crippen LogP contribution in [0.5, 0.6) is 0 Å². The first-order valence-corrected chi connectivity index (χ1v) is 6.62. The topological polar surface area (TPSA) is 88.3 Å². The van der Waals surface area contributed by atoms with Crippen molar-refractivity contribution in [2.24, 2.45) is 10.2 Å². The number of carbonyl (C=O) groups is 2. The van der Waals surface area contributed by atoms with Gasteiger partial charge in [0, 0.05) is 0 Å². The number of nitrogens with zero attached hydrogens (tertiary/aromatic N) is 2. The summed E-state index contributed by atoms with van der Waals surface area (Å²) in [5.41, 5.74) is 1.76. The molecule has 22 heavy (non-hydrogen) atoms. The fourth-order valence-corrected chi connectivity index (χ4v) is 1.66. The fourth-order valence-electron chi connectivity index (χ4n) is 1.66. The third-order valence-electron chi connectivity index (χ3n) is 2.77. The van der Waals surface area contributed by atoms with Gasteiger partial charge in [0.1, 0.15) is 0 Å². The molecule has 0 radical (unpaired) electrons. The van der Waals surface area contributed by atoms with Crippen molar-refractivity contribution < 1.29 is 19.4 Å². The Morgan fingerprint density at radius 1 is 0.909 bits per heavy atom. The molecule has 0 unspecified atom stereocenters. The molecule has 2 rings (SSSR count). The van der Waals surface area contributed by atoms with E-state index in [9.17, 15) is 9.59 Å². The largest absolute Gasteiger partial charge is 0.478 e. The number of rotatable bonds is 5. The average molecular weight is 298 g/mol. The summed E-state index contributed by atoms with van der Waals surface area (Å²) >= 11 is 0. The number of ether oxygens (including phenoxy) is 1. The van der Waals surface area contributed by atoms with Crippen LogP contribution in [0.15, 0.2) is 58.8 Å². The van der Waals surface area contributed by atoms with E-state index in [2.05, 4.69) is 10.2 Å². The van der Waals surface area contributed by atoms with E-state index in [1.807, 2.05) is 0 Å². The molecule has 0 aliphatic rings. The number of carboxylic acid groups (broad SMARTS) is 1. The number of hydrogen-bond acceptors (Lipinski definition) is 5. The summed E-state index contributed by atoms with van der Waals surface area (Å²) in [5.74, 6) is -1.37. The third-order valence-corrected chi connectivity index (χ3v) is 2.77. The molecule has 1 N–H and O–H groups in total. The zero-order chi connectivity index (χ0) is 15.9. The van der Waals surface area contributed by atoms with E-state index in [1.54, 1.807) is 43.3 Å². The average Bonchev–Trinajstić information content (AvgIpc) is 2.54. The second-order valence-corrected chi connectivity index (χ2v) is 4.32. The van der Waals surface area contributed by atoms with Gasteiger partial charge in [0.25, 0.3) is 0 Å². The van der Waals surface area contributed by atoms with Gasteiger partial charge in [-0.3, -0.25) is 0 Å². The minimum atomic E-state index is -0.988. The maximum absolute atomic E-state index is 11.5. The Bertz CT molecular complexity index is 691. The van der Waals surface area contributed by atoms with Crippen molar-refractivity contribution >= 4 is 23.3 Å². The standard InChI is InChI=1S/C16H14N2O4/c1-2-22-16(21)12-5-9-14(10-6-12)18-17-13-7-3-11(4-8-13)15(19)20/h3-10H,2H2,1H3,(H,19,20). The third kappa shape index (κ3) is 3.99. The predicted octanol–water partition coefficient (Wildman–Crippen LogP) is 3.98. The van der Waals surface area contributed by atoms with E-state index < -0.39 is 5.97 Å². The van der Waals surface area contributed by atoms with Gasteiger partial charge in [-0.2, -0.15) is 10.2 Å². The van der Waals surface area contributed by atoms with E-state index in [0.717, 1.165) is 0 Å². The van der Waals surface area contributed by atoms with E-state index in [4.69, 9.17) is 9.84 Å². The van der Waals surface area contributed by atoms with Crippen LogP contribution in [-0.2, 0) is 4.74 Å². The van der Waals surface area contributed by atoms with Gasteiger partial charge >= 0.3 is 11.9 Å². The lowest BCUT2D eigenvalue weighted by molar-refractivity contribution is 0.0526. The molecular formula is C16H14N2O4. The molecule has 0 bridgehead atoms. The van der Waals surface area contributed by atoms with Crippen LogP contribution in [0.2, 0.25) is 0 Å². The highest BCUT2D eigenvalue weighted by molar-refractivity contribution is 5.89. The lowest BCUT2D eigenvalue weighted by atomic mass is 10.2. The molecule has 112 valence electrons. The zero-order valence-corrected chi connectivity index (χ0v) is 11.9. The summed E-state index contributed by atoms with van der Waals surface area (Å²) in [6.07, 6.45) is 0. The van der Waals surface area contributed by atoms with Gasteiger partial charge in [0.2, 0.25) is 0 Å². The molecule has 6 heteroatoms. The lowest BCUT2D eigenvalue weighted by Gasteiger charge is -2.01. The normalized spacial score (nSPS) is 10.6. The summed E-state index contributed by atoms with van der Waals surface area (Å²) in [6.45, 7) is 2.07. The molecule has 0 saturated carbocycles. The van der Waals surface area contributed by atoms with Gasteiger partial charge < -0.3 is 9.84 Å². The van der Waals surface area contributed by atoms with Gasteiger partial charge in [0.05, 0.1) is 29.1 Å².